The predicted octanol–water partition coefficient (Wildman–Crippen LogP) is -4.16. The molecule has 4 fully saturated rings. The summed E-state index contributed by atoms with van der Waals surface area (Å²) in [4.78, 5) is 27.9. The van der Waals surface area contributed by atoms with Crippen molar-refractivity contribution in [1.82, 2.24) is 0 Å². The number of ketones is 1. The van der Waals surface area contributed by atoms with Crippen molar-refractivity contribution in [3.05, 3.63) is 85.1 Å². The first-order chi connectivity index (χ1) is 43.5. The maximum Gasteiger partial charge on any atom is 0.308 e. The van der Waals surface area contributed by atoms with E-state index >= 15 is 4.79 Å². The first kappa shape index (κ1) is 79.0. The van der Waals surface area contributed by atoms with Gasteiger partial charge < -0.3 is 136 Å². The van der Waals surface area contributed by atoms with Crippen LogP contribution in [-0.4, -0.2) is 289 Å². The van der Waals surface area contributed by atoms with E-state index in [0.717, 1.165) is 0 Å². The topological polar surface area (TPSA) is 498 Å². The second-order valence-corrected chi connectivity index (χ2v) is 24.8. The lowest BCUT2D eigenvalue weighted by molar-refractivity contribution is -0.312. The summed E-state index contributed by atoms with van der Waals surface area (Å²) in [5.74, 6) is -7.88. The van der Waals surface area contributed by atoms with Crippen LogP contribution in [0.3, 0.4) is 0 Å². The fourth-order valence-corrected chi connectivity index (χ4v) is 11.5. The van der Waals surface area contributed by atoms with Gasteiger partial charge in [-0.25, -0.2) is 0 Å². The van der Waals surface area contributed by atoms with Crippen molar-refractivity contribution in [1.29, 1.82) is 0 Å². The van der Waals surface area contributed by atoms with Crippen LogP contribution >= 0.6 is 0 Å². The van der Waals surface area contributed by atoms with E-state index in [1.54, 1.807) is 93.7 Å². The number of aliphatic hydroxyl groups is 18. The van der Waals surface area contributed by atoms with Crippen LogP contribution in [0, 0.1) is 23.7 Å². The highest BCUT2D eigenvalue weighted by Gasteiger charge is 2.52. The molecule has 0 spiro atoms. The summed E-state index contributed by atoms with van der Waals surface area (Å²) < 4.78 is 46.6. The van der Waals surface area contributed by atoms with Gasteiger partial charge in [-0.05, 0) is 33.1 Å². The number of aliphatic hydroxyl groups excluding tert-OH is 17. The molecule has 0 aromatic carbocycles. The van der Waals surface area contributed by atoms with Crippen LogP contribution in [0.2, 0.25) is 0 Å². The molecule has 0 aliphatic carbocycles. The van der Waals surface area contributed by atoms with Crippen LogP contribution in [0.15, 0.2) is 85.1 Å². The zero-order valence-electron chi connectivity index (χ0n) is 52.2. The lowest BCUT2D eigenvalue weighted by Gasteiger charge is -2.46. The molecule has 0 aromatic heterocycles. The molecule has 29 heteroatoms. The fourth-order valence-electron chi connectivity index (χ4n) is 11.5. The predicted molar refractivity (Wildman–Crippen MR) is 322 cm³/mol. The molecule has 0 saturated carbocycles. The van der Waals surface area contributed by atoms with Crippen molar-refractivity contribution in [3.63, 3.8) is 0 Å². The van der Waals surface area contributed by atoms with Crippen molar-refractivity contribution in [2.75, 3.05) is 26.4 Å². The molecule has 29 atom stereocenters. The Morgan fingerprint density at radius 3 is 1.61 bits per heavy atom. The maximum atomic E-state index is 15.1. The minimum absolute atomic E-state index is 0.191. The molecule has 29 nitrogen and oxygen atoms in total. The molecule has 4 saturated heterocycles. The molecule has 5 aliphatic heterocycles. The summed E-state index contributed by atoms with van der Waals surface area (Å²) in [6.07, 6.45) is -17.9. The summed E-state index contributed by atoms with van der Waals surface area (Å²) in [6.45, 7) is 3.70. The van der Waals surface area contributed by atoms with Gasteiger partial charge >= 0.3 is 5.97 Å². The highest BCUT2D eigenvalue weighted by molar-refractivity contribution is 5.82. The van der Waals surface area contributed by atoms with Crippen molar-refractivity contribution >= 4 is 11.8 Å². The number of fused-ring (bicyclic) bond motifs is 2. The molecular weight excluding hydrogens is 1220 g/mol. The molecule has 5 heterocycles. The van der Waals surface area contributed by atoms with Crippen LogP contribution in [0.4, 0.5) is 0 Å². The molecular formula is C63H101NO28. The number of carbonyl (C=O) groups excluding carboxylic acids is 2. The van der Waals surface area contributed by atoms with E-state index in [9.17, 15) is 96.7 Å². The third-order valence-corrected chi connectivity index (χ3v) is 17.3. The zero-order valence-corrected chi connectivity index (χ0v) is 52.2. The number of rotatable bonds is 13. The number of carbonyl (C=O) groups is 2. The molecule has 5 rings (SSSR count). The van der Waals surface area contributed by atoms with Gasteiger partial charge in [-0.15, -0.1) is 0 Å². The molecule has 92 heavy (non-hydrogen) atoms. The molecule has 2 bridgehead atoms. The Labute approximate surface area is 534 Å². The van der Waals surface area contributed by atoms with Gasteiger partial charge in [0.15, 0.2) is 24.7 Å². The first-order valence-corrected chi connectivity index (χ1v) is 31.3. The molecule has 526 valence electrons. The minimum Gasteiger partial charge on any atom is -0.462 e. The van der Waals surface area contributed by atoms with E-state index in [-0.39, 0.29) is 25.2 Å². The SMILES string of the molecule is C[C@@H]1[C@H](O)[C@@H](C)/C=C/C=C/C=C/C=C/C=C/C=C/C=C/[C@H](O[C@@H]2O[C@H](C)[C@@H](O)[C@H](N)[C@@H]2O)C[C@@H]2O[C@](O)(C[C@@H](O)C[C@@H](O)[C@H](O)CC[C@@H](O)C[C@@H](O)CC(=O)O[C@H]1C)C[C@H](O)[C@H]2C(=O)CC(CO[C@H]1O[C@H](CO)[C@@H](O)[C@H](O)[C@@H]1O)CO[C@H]1O[C@H](CO)[C@@H](O)[C@H](O)[C@@H]1O. The largest absolute Gasteiger partial charge is 0.462 e. The molecule has 0 amide bonds. The monoisotopic (exact) mass is 1320 g/mol. The number of hydrogen-bond acceptors (Lipinski definition) is 29. The Morgan fingerprint density at radius 1 is 0.554 bits per heavy atom. The van der Waals surface area contributed by atoms with Gasteiger partial charge in [0.05, 0.1) is 112 Å². The van der Waals surface area contributed by atoms with E-state index in [4.69, 9.17) is 43.6 Å². The van der Waals surface area contributed by atoms with Gasteiger partial charge in [-0.2, -0.15) is 0 Å². The van der Waals surface area contributed by atoms with Crippen molar-refractivity contribution in [2.45, 2.75) is 244 Å². The summed E-state index contributed by atoms with van der Waals surface area (Å²) in [6, 6.07) is -1.28. The number of esters is 1. The van der Waals surface area contributed by atoms with Crippen LogP contribution < -0.4 is 5.73 Å². The molecule has 0 unspecified atom stereocenters. The molecule has 0 radical (unpaired) electrons. The smallest absolute Gasteiger partial charge is 0.308 e. The standard InChI is InChI=1S/C63H101NO28/c1-32-17-15-13-11-9-7-5-6-8-10-12-14-16-18-40(89-62-55(79)50(64)52(76)35(4)88-62)25-45-49(43(72)21-36(30-85-60-58(82)56(80)53(77)46(28-65)90-60)31-86-61-59(83)57(81)54(78)47(29-66)91-61)44(73)27-63(84,92-45)26-39(69)23-42(71)41(70)20-19-37(67)22-38(68)24-48(74)87-34(3)33(2)51(32)75/h5-18,32-42,44-47,49-62,65-71,73,75-84H,19-31,64H2,1-4H3/b6-5+,9-7+,10-8+,13-11+,14-12+,17-15+,18-16+/t32-,33-,34-,35+,37+,38+,39-,40-,41+,42+,44-,45-,46+,47+,49+,50-,51+,52+,53+,54+,55-,56-,57-,58-,59-,60-,61-,62-,63+/m0/s1. The highest BCUT2D eigenvalue weighted by atomic mass is 16.7. The molecule has 20 N–H and O–H groups in total. The number of cyclic esters (lactones) is 1. The lowest BCUT2D eigenvalue weighted by Crippen LogP contribution is -2.61. The quantitative estimate of drug-likeness (QED) is 0.0778. The third-order valence-electron chi connectivity index (χ3n) is 17.3. The number of hydrogen-bond donors (Lipinski definition) is 19. The van der Waals surface area contributed by atoms with Gasteiger partial charge in [0, 0.05) is 49.9 Å². The van der Waals surface area contributed by atoms with E-state index in [2.05, 4.69) is 0 Å². The first-order valence-electron chi connectivity index (χ1n) is 31.3. The van der Waals surface area contributed by atoms with E-state index < -0.39 is 253 Å². The van der Waals surface area contributed by atoms with Gasteiger partial charge in [0.1, 0.15) is 66.8 Å². The van der Waals surface area contributed by atoms with Crippen molar-refractivity contribution in [2.24, 2.45) is 29.4 Å². The number of nitrogens with two attached hydrogens (primary N) is 1. The molecule has 0 aromatic rings. The van der Waals surface area contributed by atoms with E-state index in [0.29, 0.717) is 0 Å². The highest BCUT2D eigenvalue weighted by Crippen LogP contribution is 2.40. The number of allylic oxidation sites excluding steroid dienone is 12. The normalized spacial score (nSPS) is 45.8. The minimum atomic E-state index is -2.53. The van der Waals surface area contributed by atoms with Gasteiger partial charge in [0.2, 0.25) is 0 Å². The number of ether oxygens (including phenoxy) is 8. The second kappa shape index (κ2) is 38.3. The Bertz CT molecular complexity index is 2370. The summed E-state index contributed by atoms with van der Waals surface area (Å²) >= 11 is 0. The third kappa shape index (κ3) is 23.5. The van der Waals surface area contributed by atoms with E-state index in [1.165, 1.54) is 19.1 Å². The summed E-state index contributed by atoms with van der Waals surface area (Å²) in [7, 11) is 0. The number of Topliss-reactive ketones (excluding diaryl/α,β-unsaturated/α-hetero) is 1. The molecule has 5 aliphatic rings. The van der Waals surface area contributed by atoms with Crippen LogP contribution in [0.1, 0.15) is 85.5 Å². The Hall–Kier alpha value is -3.72. The van der Waals surface area contributed by atoms with Crippen LogP contribution in [0.5, 0.6) is 0 Å². The van der Waals surface area contributed by atoms with Crippen LogP contribution in [-0.2, 0) is 47.5 Å². The zero-order chi connectivity index (χ0) is 68.1. The summed E-state index contributed by atoms with van der Waals surface area (Å²) in [5, 5.41) is 195. The summed E-state index contributed by atoms with van der Waals surface area (Å²) in [5.41, 5.74) is 6.18. The lowest BCUT2D eigenvalue weighted by atomic mass is 9.78. The Morgan fingerprint density at radius 2 is 1.08 bits per heavy atom. The Balaban J connectivity index is 1.48. The van der Waals surface area contributed by atoms with Crippen LogP contribution in [0.25, 0.3) is 0 Å². The van der Waals surface area contributed by atoms with Gasteiger partial charge in [-0.3, -0.25) is 9.59 Å². The van der Waals surface area contributed by atoms with Gasteiger partial charge in [0.25, 0.3) is 0 Å². The average Bonchev–Trinajstić information content (AvgIpc) is 1.28. The maximum absolute atomic E-state index is 15.1. The van der Waals surface area contributed by atoms with Gasteiger partial charge in [-0.1, -0.05) is 98.9 Å². The van der Waals surface area contributed by atoms with Crippen molar-refractivity contribution < 1.29 is 139 Å². The Kier molecular flexibility index (Phi) is 32.9. The van der Waals surface area contributed by atoms with Crippen molar-refractivity contribution in [3.8, 4) is 0 Å². The van der Waals surface area contributed by atoms with E-state index in [1.807, 2.05) is 0 Å². The fraction of sp³-hybridized carbons (Fsp3) is 0.746. The second-order valence-electron chi connectivity index (χ2n) is 24.8. The average molecular weight is 1320 g/mol.